The van der Waals surface area contributed by atoms with Gasteiger partial charge in [0.1, 0.15) is 6.61 Å². The number of hydrogen-bond donors (Lipinski definition) is 1. The number of hydroxylamine groups is 2. The maximum absolute atomic E-state index is 12.8. The first kappa shape index (κ1) is 29.2. The van der Waals surface area contributed by atoms with Crippen LogP contribution in [0.25, 0.3) is 0 Å². The van der Waals surface area contributed by atoms with E-state index >= 15 is 0 Å². The van der Waals surface area contributed by atoms with Crippen molar-refractivity contribution in [2.45, 2.75) is 76.2 Å². The number of alkyl halides is 7. The fourth-order valence-corrected chi connectivity index (χ4v) is 3.79. The summed E-state index contributed by atoms with van der Waals surface area (Å²) < 4.78 is 91.5. The Morgan fingerprint density at radius 3 is 1.91 bits per heavy atom. The van der Waals surface area contributed by atoms with Gasteiger partial charge in [-0.05, 0) is 40.5 Å². The Bertz CT molecular complexity index is 637. The predicted octanol–water partition coefficient (Wildman–Crippen LogP) is 4.04. The van der Waals surface area contributed by atoms with Gasteiger partial charge in [-0.25, -0.2) is 0 Å². The van der Waals surface area contributed by atoms with E-state index < -0.39 is 66.7 Å². The van der Waals surface area contributed by atoms with E-state index in [1.54, 1.807) is 50.3 Å². The highest BCUT2D eigenvalue weighted by molar-refractivity contribution is 14.1. The van der Waals surface area contributed by atoms with Gasteiger partial charge in [0.05, 0.1) is 17.1 Å². The number of nitrogens with zero attached hydrogens (tertiary/aromatic N) is 1. The molecule has 0 aliphatic carbocycles. The molecule has 14 heteroatoms. The van der Waals surface area contributed by atoms with Gasteiger partial charge in [-0.2, -0.15) is 31.4 Å². The molecule has 1 unspecified atom stereocenters. The van der Waals surface area contributed by atoms with Crippen molar-refractivity contribution in [3.63, 3.8) is 0 Å². The van der Waals surface area contributed by atoms with Crippen molar-refractivity contribution in [1.29, 1.82) is 0 Å². The number of rotatable bonds is 8. The molecule has 1 N–H and O–H groups in total. The molecule has 32 heavy (non-hydrogen) atoms. The van der Waals surface area contributed by atoms with Crippen LogP contribution in [0.3, 0.4) is 0 Å². The molecule has 1 aliphatic heterocycles. The second kappa shape index (κ2) is 10.6. The molecule has 0 bridgehead atoms. The molecule has 1 rings (SSSR count). The van der Waals surface area contributed by atoms with E-state index in [0.29, 0.717) is 0 Å². The zero-order chi connectivity index (χ0) is 25.1. The molecule has 1 aliphatic rings. The quantitative estimate of drug-likeness (QED) is 0.197. The Morgan fingerprint density at radius 2 is 1.50 bits per heavy atom. The van der Waals surface area contributed by atoms with Crippen LogP contribution in [0, 0.1) is 5.92 Å². The summed E-state index contributed by atoms with van der Waals surface area (Å²) in [6, 6.07) is 0. The molecule has 0 aromatic carbocycles. The Balaban J connectivity index is 2.95. The van der Waals surface area contributed by atoms with E-state index in [4.69, 9.17) is 9.47 Å². The van der Waals surface area contributed by atoms with E-state index in [-0.39, 0.29) is 17.3 Å². The average Bonchev–Trinajstić information content (AvgIpc) is 2.58. The summed E-state index contributed by atoms with van der Waals surface area (Å²) in [4.78, 5) is 23.1. The predicted molar refractivity (Wildman–Crippen MR) is 106 cm³/mol. The monoisotopic (exact) mass is 593 g/mol. The van der Waals surface area contributed by atoms with Gasteiger partial charge >= 0.3 is 24.3 Å². The number of ether oxygens (including phenoxy) is 3. The van der Waals surface area contributed by atoms with Crippen LogP contribution in [-0.2, 0) is 23.8 Å². The van der Waals surface area contributed by atoms with Crippen molar-refractivity contribution < 1.29 is 55.3 Å². The fourth-order valence-electron chi connectivity index (χ4n) is 3.57. The molecule has 7 nitrogen and oxygen atoms in total. The number of esters is 2. The van der Waals surface area contributed by atoms with Crippen molar-refractivity contribution >= 4 is 34.5 Å². The molecule has 188 valence electrons. The van der Waals surface area contributed by atoms with E-state index in [0.717, 1.165) is 5.06 Å². The van der Waals surface area contributed by atoms with Crippen LogP contribution in [0.5, 0.6) is 0 Å². The molecule has 0 amide bonds. The van der Waals surface area contributed by atoms with Crippen LogP contribution in [0.15, 0.2) is 0 Å². The van der Waals surface area contributed by atoms with Crippen molar-refractivity contribution in [1.82, 2.24) is 5.06 Å². The average molecular weight is 593 g/mol. The number of carbonyl (C=O) groups excluding carboxylic acids is 2. The number of piperidine rings is 1. The largest absolute Gasteiger partial charge is 0.461 e. The second-order valence-electron chi connectivity index (χ2n) is 8.69. The van der Waals surface area contributed by atoms with Gasteiger partial charge in [-0.15, -0.1) is 0 Å². The van der Waals surface area contributed by atoms with Gasteiger partial charge in [0.15, 0.2) is 6.10 Å². The Morgan fingerprint density at radius 1 is 1.03 bits per heavy atom. The smallest absolute Gasteiger partial charge is 0.411 e. The molecule has 0 aromatic rings. The molecule has 1 atom stereocenters. The molecule has 1 fully saturated rings. The number of carbonyl (C=O) groups is 2. The maximum Gasteiger partial charge on any atom is 0.411 e. The highest BCUT2D eigenvalue weighted by Gasteiger charge is 2.62. The van der Waals surface area contributed by atoms with E-state index in [2.05, 4.69) is 4.74 Å². The highest BCUT2D eigenvalue weighted by Crippen LogP contribution is 2.41. The number of hydrogen-bond acceptors (Lipinski definition) is 7. The third kappa shape index (κ3) is 8.17. The summed E-state index contributed by atoms with van der Waals surface area (Å²) >= 11 is 1.64. The standard InChI is InChI=1S/C18H26F6INO6/c1-15(2)5-10(6-16(3,4)26(15)29)30-8-11(9-31-12(27)7-25)32-14(28)13(17(19,20)21)18(22,23)24/h10-11,13,29H,5-9H2,1-4H3. The number of halogens is 7. The van der Waals surface area contributed by atoms with Crippen LogP contribution < -0.4 is 0 Å². The van der Waals surface area contributed by atoms with Crippen molar-refractivity contribution in [2.75, 3.05) is 17.6 Å². The van der Waals surface area contributed by atoms with E-state index in [9.17, 15) is 41.1 Å². The van der Waals surface area contributed by atoms with Gasteiger partial charge in [0.25, 0.3) is 0 Å². The lowest BCUT2D eigenvalue weighted by Crippen LogP contribution is -2.60. The lowest BCUT2D eigenvalue weighted by Gasteiger charge is -2.51. The van der Waals surface area contributed by atoms with Crippen molar-refractivity contribution in [2.24, 2.45) is 5.92 Å². The van der Waals surface area contributed by atoms with Crippen LogP contribution in [0.1, 0.15) is 40.5 Å². The van der Waals surface area contributed by atoms with Crippen molar-refractivity contribution in [3.05, 3.63) is 0 Å². The molecule has 1 saturated heterocycles. The van der Waals surface area contributed by atoms with E-state index in [1.807, 2.05) is 0 Å². The Hall–Kier alpha value is -0.870. The summed E-state index contributed by atoms with van der Waals surface area (Å²) in [7, 11) is 0. The zero-order valence-electron chi connectivity index (χ0n) is 17.8. The lowest BCUT2D eigenvalue weighted by atomic mass is 9.80. The first-order valence-electron chi connectivity index (χ1n) is 9.47. The maximum atomic E-state index is 12.8. The SMILES string of the molecule is CC1(C)CC(OCC(COC(=O)CI)OC(=O)C(C(F)(F)F)C(F)(F)F)CC(C)(C)N1O. The second-order valence-corrected chi connectivity index (χ2v) is 9.45. The topological polar surface area (TPSA) is 85.3 Å². The molecule has 0 saturated carbocycles. The Labute approximate surface area is 194 Å². The minimum Gasteiger partial charge on any atom is -0.461 e. The molecule has 0 aromatic heterocycles. The summed E-state index contributed by atoms with van der Waals surface area (Å²) in [5, 5.41) is 11.5. The Kier molecular flexibility index (Phi) is 9.65. The third-order valence-corrected chi connectivity index (χ3v) is 5.45. The minimum atomic E-state index is -5.92. The summed E-state index contributed by atoms with van der Waals surface area (Å²) in [5.74, 6) is -7.70. The van der Waals surface area contributed by atoms with Crippen LogP contribution in [-0.4, -0.2) is 75.5 Å². The first-order chi connectivity index (χ1) is 14.3. The summed E-state index contributed by atoms with van der Waals surface area (Å²) in [6.45, 7) is 5.51. The fraction of sp³-hybridized carbons (Fsp3) is 0.889. The third-order valence-electron chi connectivity index (χ3n) is 4.83. The normalized spacial score (nSPS) is 20.8. The van der Waals surface area contributed by atoms with Crippen LogP contribution in [0.2, 0.25) is 0 Å². The summed E-state index contributed by atoms with van der Waals surface area (Å²) in [6.07, 6.45) is -13.5. The van der Waals surface area contributed by atoms with E-state index in [1.165, 1.54) is 0 Å². The molecule has 1 heterocycles. The molecular formula is C18H26F6INO6. The van der Waals surface area contributed by atoms with Gasteiger partial charge in [0, 0.05) is 11.1 Å². The lowest BCUT2D eigenvalue weighted by molar-refractivity contribution is -0.285. The van der Waals surface area contributed by atoms with Crippen molar-refractivity contribution in [3.8, 4) is 0 Å². The van der Waals surface area contributed by atoms with Gasteiger partial charge in [-0.3, -0.25) is 9.59 Å². The molecule has 0 radical (unpaired) electrons. The summed E-state index contributed by atoms with van der Waals surface area (Å²) in [5.41, 5.74) is -1.49. The zero-order valence-corrected chi connectivity index (χ0v) is 20.0. The highest BCUT2D eigenvalue weighted by atomic mass is 127. The molecule has 0 spiro atoms. The first-order valence-corrected chi connectivity index (χ1v) is 11.0. The van der Waals surface area contributed by atoms with Gasteiger partial charge in [-0.1, -0.05) is 22.6 Å². The van der Waals surface area contributed by atoms with Gasteiger partial charge in [0.2, 0.25) is 5.92 Å². The minimum absolute atomic E-state index is 0.135. The van der Waals surface area contributed by atoms with Crippen LogP contribution in [0.4, 0.5) is 26.3 Å². The van der Waals surface area contributed by atoms with Crippen LogP contribution >= 0.6 is 22.6 Å². The van der Waals surface area contributed by atoms with Gasteiger partial charge < -0.3 is 19.4 Å². The molecular weight excluding hydrogens is 567 g/mol.